The zero-order valence-corrected chi connectivity index (χ0v) is 16.8. The first kappa shape index (κ1) is 23.0. The van der Waals surface area contributed by atoms with Crippen LogP contribution in [-0.4, -0.2) is 58.7 Å². The van der Waals surface area contributed by atoms with Crippen molar-refractivity contribution in [2.24, 2.45) is 5.73 Å². The maximum atomic E-state index is 14.7. The molecule has 0 spiro atoms. The second-order valence-electron chi connectivity index (χ2n) is 7.22. The molecule has 2 aromatic rings. The SMILES string of the molecule is CN1CCC(O)(C#Cc2cccc(-c3nc(C(N)=O)c(NCC(F)(F)F)cc3F)c2)C1=O. The van der Waals surface area contributed by atoms with E-state index in [1.807, 2.05) is 5.32 Å². The van der Waals surface area contributed by atoms with Gasteiger partial charge in [0.15, 0.2) is 11.5 Å². The number of rotatable bonds is 4. The Balaban J connectivity index is 1.96. The summed E-state index contributed by atoms with van der Waals surface area (Å²) in [7, 11) is 1.54. The van der Waals surface area contributed by atoms with Crippen LogP contribution >= 0.6 is 0 Å². The molecule has 32 heavy (non-hydrogen) atoms. The number of hydrogen-bond acceptors (Lipinski definition) is 5. The maximum Gasteiger partial charge on any atom is 0.405 e. The van der Waals surface area contributed by atoms with Crippen LogP contribution in [0.2, 0.25) is 0 Å². The van der Waals surface area contributed by atoms with E-state index in [2.05, 4.69) is 16.8 Å². The molecule has 1 fully saturated rings. The summed E-state index contributed by atoms with van der Waals surface area (Å²) in [6, 6.07) is 6.62. The van der Waals surface area contributed by atoms with E-state index in [4.69, 9.17) is 5.73 Å². The quantitative estimate of drug-likeness (QED) is 0.487. The van der Waals surface area contributed by atoms with E-state index in [-0.39, 0.29) is 17.7 Å². The van der Waals surface area contributed by atoms with E-state index in [1.165, 1.54) is 23.1 Å². The van der Waals surface area contributed by atoms with Gasteiger partial charge in [0, 0.05) is 37.2 Å². The van der Waals surface area contributed by atoms with E-state index in [0.717, 1.165) is 0 Å². The minimum Gasteiger partial charge on any atom is -0.374 e. The monoisotopic (exact) mass is 450 g/mol. The minimum absolute atomic E-state index is 0.138. The van der Waals surface area contributed by atoms with Crippen LogP contribution < -0.4 is 11.1 Å². The molecule has 1 aliphatic rings. The van der Waals surface area contributed by atoms with Crippen molar-refractivity contribution >= 4 is 17.5 Å². The first-order valence-corrected chi connectivity index (χ1v) is 9.32. The number of anilines is 1. The summed E-state index contributed by atoms with van der Waals surface area (Å²) in [6.07, 6.45) is -4.46. The number of alkyl halides is 3. The second-order valence-corrected chi connectivity index (χ2v) is 7.22. The van der Waals surface area contributed by atoms with Gasteiger partial charge in [-0.2, -0.15) is 13.2 Å². The molecule has 2 heterocycles. The third-order valence-corrected chi connectivity index (χ3v) is 4.75. The lowest BCUT2D eigenvalue weighted by molar-refractivity contribution is -0.137. The smallest absolute Gasteiger partial charge is 0.374 e. The molecule has 3 rings (SSSR count). The normalized spacial score (nSPS) is 18.3. The molecule has 0 saturated carbocycles. The minimum atomic E-state index is -4.60. The Bertz CT molecular complexity index is 1140. The molecule has 0 bridgehead atoms. The molecule has 1 aliphatic heterocycles. The summed E-state index contributed by atoms with van der Waals surface area (Å²) >= 11 is 0. The van der Waals surface area contributed by atoms with Crippen molar-refractivity contribution in [3.05, 3.63) is 47.4 Å². The lowest BCUT2D eigenvalue weighted by atomic mass is 10.0. The molecule has 1 atom stereocenters. The lowest BCUT2D eigenvalue weighted by Gasteiger charge is -2.14. The number of likely N-dealkylation sites (tertiary alicyclic amines) is 1. The predicted molar refractivity (Wildman–Crippen MR) is 107 cm³/mol. The van der Waals surface area contributed by atoms with E-state index in [1.54, 1.807) is 13.1 Å². The Labute approximate surface area is 180 Å². The lowest BCUT2D eigenvalue weighted by Crippen LogP contribution is -2.37. The number of benzene rings is 1. The number of nitrogens with one attached hydrogen (secondary N) is 1. The molecular formula is C21H18F4N4O3. The van der Waals surface area contributed by atoms with Gasteiger partial charge in [-0.1, -0.05) is 24.0 Å². The average molecular weight is 450 g/mol. The summed E-state index contributed by atoms with van der Waals surface area (Å²) in [5.41, 5.74) is 2.50. The number of halogens is 4. The molecule has 2 amide bonds. The van der Waals surface area contributed by atoms with Gasteiger partial charge in [0.05, 0.1) is 5.69 Å². The van der Waals surface area contributed by atoms with Crippen LogP contribution in [-0.2, 0) is 4.79 Å². The van der Waals surface area contributed by atoms with Crippen LogP contribution in [0.15, 0.2) is 30.3 Å². The molecule has 0 radical (unpaired) electrons. The molecule has 1 aromatic heterocycles. The Morgan fingerprint density at radius 1 is 1.38 bits per heavy atom. The van der Waals surface area contributed by atoms with Crippen molar-refractivity contribution in [1.82, 2.24) is 9.88 Å². The van der Waals surface area contributed by atoms with Crippen LogP contribution in [0.3, 0.4) is 0 Å². The molecule has 1 aromatic carbocycles. The molecule has 4 N–H and O–H groups in total. The van der Waals surface area contributed by atoms with Gasteiger partial charge in [0.2, 0.25) is 5.60 Å². The number of nitrogens with zero attached hydrogens (tertiary/aromatic N) is 2. The zero-order chi connectivity index (χ0) is 23.7. The van der Waals surface area contributed by atoms with Crippen molar-refractivity contribution in [2.45, 2.75) is 18.2 Å². The van der Waals surface area contributed by atoms with Crippen LogP contribution in [0.25, 0.3) is 11.3 Å². The van der Waals surface area contributed by atoms with Crippen LogP contribution in [0.5, 0.6) is 0 Å². The highest BCUT2D eigenvalue weighted by Crippen LogP contribution is 2.27. The van der Waals surface area contributed by atoms with Crippen molar-refractivity contribution in [2.75, 3.05) is 25.5 Å². The van der Waals surface area contributed by atoms with E-state index in [9.17, 15) is 32.3 Å². The summed E-state index contributed by atoms with van der Waals surface area (Å²) in [5.74, 6) is 2.54. The van der Waals surface area contributed by atoms with Crippen molar-refractivity contribution in [3.8, 4) is 23.1 Å². The van der Waals surface area contributed by atoms with Gasteiger partial charge in [0.1, 0.15) is 12.2 Å². The summed E-state index contributed by atoms with van der Waals surface area (Å²) in [6.45, 7) is -1.15. The molecule has 7 nitrogen and oxygen atoms in total. The molecule has 1 saturated heterocycles. The fraction of sp³-hybridized carbons (Fsp3) is 0.286. The standard InChI is InChI=1S/C21H18F4N4O3/c1-29-8-7-20(32,19(29)31)6-5-12-3-2-4-13(9-12)16-14(22)10-15(17(28-16)18(26)30)27-11-21(23,24)25/h2-4,9-10,27,32H,7-8,11H2,1H3,(H2,26,30). The number of primary amides is 1. The number of nitrogens with two attached hydrogens (primary N) is 1. The fourth-order valence-corrected chi connectivity index (χ4v) is 3.10. The third-order valence-electron chi connectivity index (χ3n) is 4.75. The average Bonchev–Trinajstić information content (AvgIpc) is 2.98. The van der Waals surface area contributed by atoms with Crippen LogP contribution in [0.4, 0.5) is 23.2 Å². The Morgan fingerprint density at radius 3 is 2.69 bits per heavy atom. The topological polar surface area (TPSA) is 109 Å². The Kier molecular flexibility index (Phi) is 6.09. The van der Waals surface area contributed by atoms with E-state index >= 15 is 0 Å². The van der Waals surface area contributed by atoms with E-state index < -0.39 is 47.3 Å². The van der Waals surface area contributed by atoms with Gasteiger partial charge in [-0.05, 0) is 12.1 Å². The number of aliphatic hydroxyl groups is 1. The van der Waals surface area contributed by atoms with Gasteiger partial charge >= 0.3 is 6.18 Å². The molecule has 1 unspecified atom stereocenters. The van der Waals surface area contributed by atoms with Crippen molar-refractivity contribution in [1.29, 1.82) is 0 Å². The van der Waals surface area contributed by atoms with Crippen LogP contribution in [0, 0.1) is 17.7 Å². The summed E-state index contributed by atoms with van der Waals surface area (Å²) in [4.78, 5) is 28.9. The number of carbonyl (C=O) groups excluding carboxylic acids is 2. The molecular weight excluding hydrogens is 432 g/mol. The number of carbonyl (C=O) groups is 2. The number of amides is 2. The van der Waals surface area contributed by atoms with Crippen molar-refractivity contribution in [3.63, 3.8) is 0 Å². The highest BCUT2D eigenvalue weighted by atomic mass is 19.4. The molecule has 0 aliphatic carbocycles. The van der Waals surface area contributed by atoms with Gasteiger partial charge in [-0.3, -0.25) is 9.59 Å². The second kappa shape index (κ2) is 8.47. The third kappa shape index (κ3) is 4.97. The van der Waals surface area contributed by atoms with Gasteiger partial charge in [0.25, 0.3) is 11.8 Å². The summed E-state index contributed by atoms with van der Waals surface area (Å²) < 4.78 is 52.1. The van der Waals surface area contributed by atoms with Gasteiger partial charge < -0.3 is 21.1 Å². The number of pyridine rings is 1. The number of aromatic nitrogens is 1. The highest BCUT2D eigenvalue weighted by Gasteiger charge is 2.42. The molecule has 168 valence electrons. The Morgan fingerprint density at radius 2 is 2.09 bits per heavy atom. The number of hydrogen-bond donors (Lipinski definition) is 3. The zero-order valence-electron chi connectivity index (χ0n) is 16.8. The Hall–Kier alpha value is -3.65. The first-order chi connectivity index (χ1) is 14.9. The van der Waals surface area contributed by atoms with Gasteiger partial charge in [-0.25, -0.2) is 9.37 Å². The predicted octanol–water partition coefficient (Wildman–Crippen LogP) is 1.91. The maximum absolute atomic E-state index is 14.7. The number of likely N-dealkylation sites (N-methyl/N-ethyl adjacent to an activating group) is 1. The highest BCUT2D eigenvalue weighted by molar-refractivity contribution is 5.97. The summed E-state index contributed by atoms with van der Waals surface area (Å²) in [5, 5.41) is 12.3. The first-order valence-electron chi connectivity index (χ1n) is 9.32. The van der Waals surface area contributed by atoms with Gasteiger partial charge in [-0.15, -0.1) is 0 Å². The van der Waals surface area contributed by atoms with Crippen LogP contribution in [0.1, 0.15) is 22.5 Å². The van der Waals surface area contributed by atoms with E-state index in [0.29, 0.717) is 18.2 Å². The largest absolute Gasteiger partial charge is 0.405 e. The molecule has 11 heteroatoms. The fourth-order valence-electron chi connectivity index (χ4n) is 3.10. The van der Waals surface area contributed by atoms with Crippen molar-refractivity contribution < 1.29 is 32.3 Å².